The largest absolute Gasteiger partial charge is 0.273 e. The van der Waals surface area contributed by atoms with Crippen LogP contribution in [0.5, 0.6) is 0 Å². The molecule has 3 aromatic rings. The van der Waals surface area contributed by atoms with Crippen LogP contribution < -0.4 is 5.43 Å². The zero-order valence-corrected chi connectivity index (χ0v) is 10.9. The van der Waals surface area contributed by atoms with Gasteiger partial charge in [0.25, 0.3) is 0 Å². The molecule has 1 aromatic carbocycles. The molecular weight excluding hydrogens is 252 g/mol. The number of amides is 1. The highest BCUT2D eigenvalue weighted by molar-refractivity contribution is 5.86. The lowest BCUT2D eigenvalue weighted by Gasteiger charge is -2.06. The number of imidazole rings is 1. The predicted octanol–water partition coefficient (Wildman–Crippen LogP) is 2.13. The second-order valence-electron chi connectivity index (χ2n) is 4.50. The number of fused-ring (bicyclic) bond motifs is 1. The summed E-state index contributed by atoms with van der Waals surface area (Å²) in [6.07, 6.45) is 6.21. The Morgan fingerprint density at radius 3 is 2.95 bits per heavy atom. The molecule has 0 spiro atoms. The SMILES string of the molecule is O=C(CCc1cccnc1)Nn1cnc2ccccc21. The van der Waals surface area contributed by atoms with Crippen LogP contribution >= 0.6 is 0 Å². The van der Waals surface area contributed by atoms with Crippen LogP contribution in [0.15, 0.2) is 55.1 Å². The third kappa shape index (κ3) is 2.66. The molecule has 0 unspecified atom stereocenters. The Hall–Kier alpha value is -2.69. The zero-order valence-electron chi connectivity index (χ0n) is 10.9. The minimum Gasteiger partial charge on any atom is -0.273 e. The minimum atomic E-state index is -0.0444. The van der Waals surface area contributed by atoms with Gasteiger partial charge >= 0.3 is 0 Å². The third-order valence-electron chi connectivity index (χ3n) is 3.06. The Bertz CT molecular complexity index is 721. The number of para-hydroxylation sites is 2. The second kappa shape index (κ2) is 5.52. The number of benzene rings is 1. The second-order valence-corrected chi connectivity index (χ2v) is 4.50. The summed E-state index contributed by atoms with van der Waals surface area (Å²) in [7, 11) is 0. The molecule has 0 fully saturated rings. The minimum absolute atomic E-state index is 0.0444. The maximum absolute atomic E-state index is 11.9. The highest BCUT2D eigenvalue weighted by atomic mass is 16.2. The number of nitrogens with zero attached hydrogens (tertiary/aromatic N) is 3. The molecule has 0 radical (unpaired) electrons. The fraction of sp³-hybridized carbons (Fsp3) is 0.133. The van der Waals surface area contributed by atoms with Crippen molar-refractivity contribution < 1.29 is 4.79 Å². The monoisotopic (exact) mass is 266 g/mol. The van der Waals surface area contributed by atoms with Gasteiger partial charge in [-0.25, -0.2) is 9.66 Å². The molecule has 20 heavy (non-hydrogen) atoms. The summed E-state index contributed by atoms with van der Waals surface area (Å²) in [5, 5.41) is 0. The van der Waals surface area contributed by atoms with Crippen LogP contribution in [0.25, 0.3) is 11.0 Å². The highest BCUT2D eigenvalue weighted by Crippen LogP contribution is 2.10. The predicted molar refractivity (Wildman–Crippen MR) is 76.7 cm³/mol. The summed E-state index contributed by atoms with van der Waals surface area (Å²) in [5.41, 5.74) is 5.64. The molecule has 0 atom stereocenters. The summed E-state index contributed by atoms with van der Waals surface area (Å²) >= 11 is 0. The fourth-order valence-electron chi connectivity index (χ4n) is 2.04. The van der Waals surface area contributed by atoms with E-state index >= 15 is 0 Å². The molecule has 0 saturated heterocycles. The van der Waals surface area contributed by atoms with Crippen LogP contribution in [0.2, 0.25) is 0 Å². The van der Waals surface area contributed by atoms with Gasteiger partial charge in [-0.3, -0.25) is 15.2 Å². The van der Waals surface area contributed by atoms with Gasteiger partial charge in [-0.05, 0) is 30.2 Å². The topological polar surface area (TPSA) is 59.8 Å². The van der Waals surface area contributed by atoms with Gasteiger partial charge in [0.05, 0.1) is 11.0 Å². The number of pyridine rings is 1. The number of carbonyl (C=O) groups excluding carboxylic acids is 1. The number of nitrogens with one attached hydrogen (secondary N) is 1. The van der Waals surface area contributed by atoms with Crippen molar-refractivity contribution in [3.05, 3.63) is 60.7 Å². The van der Waals surface area contributed by atoms with Gasteiger partial charge in [-0.1, -0.05) is 18.2 Å². The Labute approximate surface area is 116 Å². The van der Waals surface area contributed by atoms with Gasteiger partial charge in [0, 0.05) is 18.8 Å². The van der Waals surface area contributed by atoms with Gasteiger partial charge in [0.2, 0.25) is 5.91 Å². The molecule has 1 amide bonds. The molecule has 5 heteroatoms. The van der Waals surface area contributed by atoms with Gasteiger partial charge in [0.15, 0.2) is 0 Å². The van der Waals surface area contributed by atoms with E-state index in [2.05, 4.69) is 15.4 Å². The molecule has 0 aliphatic rings. The summed E-state index contributed by atoms with van der Waals surface area (Å²) < 4.78 is 1.65. The molecule has 3 rings (SSSR count). The van der Waals surface area contributed by atoms with Crippen LogP contribution in [-0.2, 0) is 11.2 Å². The number of carbonyl (C=O) groups is 1. The zero-order chi connectivity index (χ0) is 13.8. The summed E-state index contributed by atoms with van der Waals surface area (Å²) in [5.74, 6) is -0.0444. The molecule has 2 aromatic heterocycles. The average molecular weight is 266 g/mol. The first kappa shape index (κ1) is 12.3. The van der Waals surface area contributed by atoms with Gasteiger partial charge < -0.3 is 0 Å². The maximum atomic E-state index is 11.9. The van der Waals surface area contributed by atoms with Crippen LogP contribution in [-0.4, -0.2) is 20.6 Å². The average Bonchev–Trinajstić information content (AvgIpc) is 2.90. The van der Waals surface area contributed by atoms with E-state index in [0.29, 0.717) is 12.8 Å². The number of aryl methyl sites for hydroxylation is 1. The van der Waals surface area contributed by atoms with E-state index in [9.17, 15) is 4.79 Å². The molecule has 5 nitrogen and oxygen atoms in total. The number of aromatic nitrogens is 3. The van der Waals surface area contributed by atoms with E-state index in [4.69, 9.17) is 0 Å². The third-order valence-corrected chi connectivity index (χ3v) is 3.06. The lowest BCUT2D eigenvalue weighted by atomic mass is 10.1. The van der Waals surface area contributed by atoms with E-state index in [0.717, 1.165) is 16.6 Å². The van der Waals surface area contributed by atoms with Crippen LogP contribution in [0.1, 0.15) is 12.0 Å². The first-order valence-corrected chi connectivity index (χ1v) is 6.44. The lowest BCUT2D eigenvalue weighted by Crippen LogP contribution is -2.22. The normalized spacial score (nSPS) is 10.6. The van der Waals surface area contributed by atoms with Crippen molar-refractivity contribution in [3.8, 4) is 0 Å². The van der Waals surface area contributed by atoms with Crippen molar-refractivity contribution in [1.29, 1.82) is 0 Å². The number of hydrogen-bond donors (Lipinski definition) is 1. The molecule has 0 bridgehead atoms. The first-order chi connectivity index (χ1) is 9.83. The van der Waals surface area contributed by atoms with Gasteiger partial charge in [-0.2, -0.15) is 0 Å². The van der Waals surface area contributed by atoms with E-state index < -0.39 is 0 Å². The van der Waals surface area contributed by atoms with E-state index in [-0.39, 0.29) is 5.91 Å². The highest BCUT2D eigenvalue weighted by Gasteiger charge is 2.06. The van der Waals surface area contributed by atoms with Crippen molar-refractivity contribution in [2.24, 2.45) is 0 Å². The van der Waals surface area contributed by atoms with Gasteiger partial charge in [-0.15, -0.1) is 0 Å². The first-order valence-electron chi connectivity index (χ1n) is 6.44. The lowest BCUT2D eigenvalue weighted by molar-refractivity contribution is -0.117. The van der Waals surface area contributed by atoms with Gasteiger partial charge in [0.1, 0.15) is 6.33 Å². The Morgan fingerprint density at radius 1 is 1.20 bits per heavy atom. The number of hydrogen-bond acceptors (Lipinski definition) is 3. The fourth-order valence-corrected chi connectivity index (χ4v) is 2.04. The summed E-state index contributed by atoms with van der Waals surface area (Å²) in [4.78, 5) is 20.2. The van der Waals surface area contributed by atoms with Crippen molar-refractivity contribution in [1.82, 2.24) is 14.6 Å². The molecular formula is C15H14N4O. The van der Waals surface area contributed by atoms with Crippen molar-refractivity contribution >= 4 is 16.9 Å². The standard InChI is InChI=1S/C15H14N4O/c20-15(8-7-12-4-3-9-16-10-12)18-19-11-17-13-5-1-2-6-14(13)19/h1-6,9-11H,7-8H2,(H,18,20). The van der Waals surface area contributed by atoms with Crippen LogP contribution in [0.3, 0.4) is 0 Å². The van der Waals surface area contributed by atoms with Crippen molar-refractivity contribution in [2.45, 2.75) is 12.8 Å². The van der Waals surface area contributed by atoms with Crippen molar-refractivity contribution in [3.63, 3.8) is 0 Å². The smallest absolute Gasteiger partial charge is 0.239 e. The Balaban J connectivity index is 1.64. The van der Waals surface area contributed by atoms with Crippen LogP contribution in [0, 0.1) is 0 Å². The molecule has 100 valence electrons. The molecule has 1 N–H and O–H groups in total. The molecule has 0 saturated carbocycles. The van der Waals surface area contributed by atoms with Crippen LogP contribution in [0.4, 0.5) is 0 Å². The Kier molecular flexibility index (Phi) is 3.41. The van der Waals surface area contributed by atoms with E-state index in [1.54, 1.807) is 23.4 Å². The quantitative estimate of drug-likeness (QED) is 0.787. The molecule has 2 heterocycles. The Morgan fingerprint density at radius 2 is 2.10 bits per heavy atom. The van der Waals surface area contributed by atoms with E-state index in [1.165, 1.54) is 0 Å². The number of rotatable bonds is 4. The molecule has 0 aliphatic heterocycles. The van der Waals surface area contributed by atoms with Crippen molar-refractivity contribution in [2.75, 3.05) is 5.43 Å². The molecule has 0 aliphatic carbocycles. The maximum Gasteiger partial charge on any atom is 0.239 e. The summed E-state index contributed by atoms with van der Waals surface area (Å²) in [6.45, 7) is 0. The van der Waals surface area contributed by atoms with E-state index in [1.807, 2.05) is 36.4 Å². The summed E-state index contributed by atoms with van der Waals surface area (Å²) in [6, 6.07) is 11.5.